The largest absolute Gasteiger partial charge is 0.493 e. The summed E-state index contributed by atoms with van der Waals surface area (Å²) in [5, 5.41) is 12.1. The molecule has 3 aromatic rings. The molecule has 0 saturated heterocycles. The first kappa shape index (κ1) is 26.7. The Balaban J connectivity index is 1.60. The SMILES string of the molecule is COc1ccc(C(=O)Nc2ccccc2CN(C(=O)c2ccc(C#N)cc2)C2CCC(N)CC2)cc1OC. The van der Waals surface area contributed by atoms with Crippen LogP contribution in [0.25, 0.3) is 0 Å². The van der Waals surface area contributed by atoms with E-state index in [1.54, 1.807) is 49.6 Å². The summed E-state index contributed by atoms with van der Waals surface area (Å²) in [6.07, 6.45) is 3.31. The van der Waals surface area contributed by atoms with Crippen LogP contribution in [0.3, 0.4) is 0 Å². The lowest BCUT2D eigenvalue weighted by molar-refractivity contribution is 0.0607. The zero-order chi connectivity index (χ0) is 27.1. The van der Waals surface area contributed by atoms with Crippen LogP contribution in [-0.4, -0.2) is 43.0 Å². The summed E-state index contributed by atoms with van der Waals surface area (Å²) in [4.78, 5) is 28.7. The maximum Gasteiger partial charge on any atom is 0.255 e. The van der Waals surface area contributed by atoms with E-state index in [2.05, 4.69) is 11.4 Å². The molecule has 0 aromatic heterocycles. The van der Waals surface area contributed by atoms with Gasteiger partial charge in [-0.05, 0) is 79.8 Å². The average Bonchev–Trinajstić information content (AvgIpc) is 2.96. The third kappa shape index (κ3) is 6.13. The molecule has 38 heavy (non-hydrogen) atoms. The predicted molar refractivity (Wildman–Crippen MR) is 145 cm³/mol. The Morgan fingerprint density at radius 3 is 2.26 bits per heavy atom. The number of nitrogens with one attached hydrogen (secondary N) is 1. The second-order valence-electron chi connectivity index (χ2n) is 9.37. The molecule has 1 saturated carbocycles. The Hall–Kier alpha value is -4.35. The predicted octanol–water partition coefficient (Wildman–Crippen LogP) is 4.74. The monoisotopic (exact) mass is 512 g/mol. The maximum atomic E-state index is 13.7. The van der Waals surface area contributed by atoms with E-state index in [4.69, 9.17) is 20.5 Å². The first-order chi connectivity index (χ1) is 18.4. The van der Waals surface area contributed by atoms with Gasteiger partial charge in [0, 0.05) is 35.4 Å². The van der Waals surface area contributed by atoms with Crippen molar-refractivity contribution in [1.29, 1.82) is 5.26 Å². The molecule has 0 aliphatic heterocycles. The molecule has 8 heteroatoms. The van der Waals surface area contributed by atoms with Gasteiger partial charge in [0.05, 0.1) is 25.9 Å². The van der Waals surface area contributed by atoms with Gasteiger partial charge in [-0.2, -0.15) is 5.26 Å². The van der Waals surface area contributed by atoms with E-state index in [9.17, 15) is 9.59 Å². The van der Waals surface area contributed by atoms with Crippen LogP contribution in [0.5, 0.6) is 11.5 Å². The third-order valence-electron chi connectivity index (χ3n) is 6.96. The average molecular weight is 513 g/mol. The van der Waals surface area contributed by atoms with E-state index in [0.29, 0.717) is 40.4 Å². The fraction of sp³-hybridized carbons (Fsp3) is 0.300. The van der Waals surface area contributed by atoms with Crippen LogP contribution in [0, 0.1) is 11.3 Å². The number of methoxy groups -OCH3 is 2. The second kappa shape index (κ2) is 12.3. The van der Waals surface area contributed by atoms with Crippen molar-refractivity contribution >= 4 is 17.5 Å². The zero-order valence-electron chi connectivity index (χ0n) is 21.6. The molecule has 3 aromatic carbocycles. The van der Waals surface area contributed by atoms with E-state index in [-0.39, 0.29) is 23.9 Å². The number of hydrogen-bond acceptors (Lipinski definition) is 6. The second-order valence-corrected chi connectivity index (χ2v) is 9.37. The van der Waals surface area contributed by atoms with Gasteiger partial charge in [-0.1, -0.05) is 18.2 Å². The summed E-state index contributed by atoms with van der Waals surface area (Å²) >= 11 is 0. The minimum absolute atomic E-state index is 0.0209. The highest BCUT2D eigenvalue weighted by molar-refractivity contribution is 6.05. The Bertz CT molecular complexity index is 1320. The van der Waals surface area contributed by atoms with Crippen LogP contribution >= 0.6 is 0 Å². The number of nitrogens with two attached hydrogens (primary N) is 1. The van der Waals surface area contributed by atoms with Crippen molar-refractivity contribution in [2.45, 2.75) is 44.3 Å². The van der Waals surface area contributed by atoms with E-state index >= 15 is 0 Å². The third-order valence-corrected chi connectivity index (χ3v) is 6.96. The topological polar surface area (TPSA) is 118 Å². The molecular formula is C30H32N4O4. The molecule has 0 unspecified atom stereocenters. The molecule has 0 atom stereocenters. The molecule has 2 amide bonds. The minimum Gasteiger partial charge on any atom is -0.493 e. The highest BCUT2D eigenvalue weighted by Crippen LogP contribution is 2.30. The van der Waals surface area contributed by atoms with Crippen LogP contribution in [0.1, 0.15) is 57.5 Å². The lowest BCUT2D eigenvalue weighted by atomic mass is 9.90. The highest BCUT2D eigenvalue weighted by Gasteiger charge is 2.29. The first-order valence-corrected chi connectivity index (χ1v) is 12.6. The molecule has 196 valence electrons. The Morgan fingerprint density at radius 1 is 0.947 bits per heavy atom. The van der Waals surface area contributed by atoms with Crippen molar-refractivity contribution in [3.8, 4) is 17.6 Å². The summed E-state index contributed by atoms with van der Waals surface area (Å²) in [6, 6.07) is 21.4. The van der Waals surface area contributed by atoms with Crippen molar-refractivity contribution in [2.75, 3.05) is 19.5 Å². The number of benzene rings is 3. The lowest BCUT2D eigenvalue weighted by Gasteiger charge is -2.36. The van der Waals surface area contributed by atoms with Crippen molar-refractivity contribution < 1.29 is 19.1 Å². The van der Waals surface area contributed by atoms with Crippen molar-refractivity contribution in [2.24, 2.45) is 5.73 Å². The number of ether oxygens (including phenoxy) is 2. The molecule has 3 N–H and O–H groups in total. The summed E-state index contributed by atoms with van der Waals surface area (Å²) in [6.45, 7) is 0.321. The molecule has 0 radical (unpaired) electrons. The normalized spacial score (nSPS) is 16.7. The summed E-state index contributed by atoms with van der Waals surface area (Å²) in [7, 11) is 3.06. The minimum atomic E-state index is -0.299. The molecule has 1 aliphatic carbocycles. The molecule has 0 heterocycles. The highest BCUT2D eigenvalue weighted by atomic mass is 16.5. The lowest BCUT2D eigenvalue weighted by Crippen LogP contribution is -2.44. The van der Waals surface area contributed by atoms with E-state index in [1.165, 1.54) is 7.11 Å². The molecule has 4 rings (SSSR count). The number of rotatable bonds is 8. The molecule has 0 bridgehead atoms. The van der Waals surface area contributed by atoms with Crippen LogP contribution < -0.4 is 20.5 Å². The standard InChI is InChI=1S/C30H32N4O4/c1-37-27-16-11-22(17-28(27)38-2)29(35)33-26-6-4-3-5-23(26)19-34(25-14-12-24(32)13-15-25)30(36)21-9-7-20(18-31)8-10-21/h3-11,16-17,24-25H,12-15,19,32H2,1-2H3,(H,33,35). The van der Waals surface area contributed by atoms with Crippen molar-refractivity contribution in [3.05, 3.63) is 89.0 Å². The molecule has 1 fully saturated rings. The number of para-hydroxylation sites is 1. The smallest absolute Gasteiger partial charge is 0.255 e. The van der Waals surface area contributed by atoms with Crippen molar-refractivity contribution in [3.63, 3.8) is 0 Å². The van der Waals surface area contributed by atoms with Gasteiger partial charge in [0.1, 0.15) is 0 Å². The summed E-state index contributed by atoms with van der Waals surface area (Å²) in [5.41, 5.74) is 9.02. The van der Waals surface area contributed by atoms with E-state index < -0.39 is 0 Å². The maximum absolute atomic E-state index is 13.7. The first-order valence-electron chi connectivity index (χ1n) is 12.6. The number of carbonyl (C=O) groups excluding carboxylic acids is 2. The fourth-order valence-electron chi connectivity index (χ4n) is 4.77. The van der Waals surface area contributed by atoms with Gasteiger partial charge in [0.15, 0.2) is 11.5 Å². The molecule has 1 aliphatic rings. The number of carbonyl (C=O) groups is 2. The van der Waals surface area contributed by atoms with Gasteiger partial charge in [-0.3, -0.25) is 9.59 Å². The van der Waals surface area contributed by atoms with E-state index in [0.717, 1.165) is 31.2 Å². The Kier molecular flexibility index (Phi) is 8.62. The number of anilines is 1. The van der Waals surface area contributed by atoms with Gasteiger partial charge in [-0.15, -0.1) is 0 Å². The van der Waals surface area contributed by atoms with Gasteiger partial charge < -0.3 is 25.4 Å². The summed E-state index contributed by atoms with van der Waals surface area (Å²) < 4.78 is 10.6. The van der Waals surface area contributed by atoms with Gasteiger partial charge in [0.25, 0.3) is 11.8 Å². The van der Waals surface area contributed by atoms with Gasteiger partial charge >= 0.3 is 0 Å². The van der Waals surface area contributed by atoms with Crippen LogP contribution in [-0.2, 0) is 6.54 Å². The van der Waals surface area contributed by atoms with E-state index in [1.807, 2.05) is 29.2 Å². The van der Waals surface area contributed by atoms with Crippen LogP contribution in [0.15, 0.2) is 66.7 Å². The quantitative estimate of drug-likeness (QED) is 0.450. The number of hydrogen-bond donors (Lipinski definition) is 2. The van der Waals surface area contributed by atoms with Gasteiger partial charge in [-0.25, -0.2) is 0 Å². The molecule has 0 spiro atoms. The van der Waals surface area contributed by atoms with Gasteiger partial charge in [0.2, 0.25) is 0 Å². The van der Waals surface area contributed by atoms with Crippen LogP contribution in [0.4, 0.5) is 5.69 Å². The fourth-order valence-corrected chi connectivity index (χ4v) is 4.77. The Morgan fingerprint density at radius 2 is 1.61 bits per heavy atom. The molecular weight excluding hydrogens is 480 g/mol. The van der Waals surface area contributed by atoms with Crippen molar-refractivity contribution in [1.82, 2.24) is 4.90 Å². The number of amides is 2. The molecule has 8 nitrogen and oxygen atoms in total. The van der Waals surface area contributed by atoms with Crippen LogP contribution in [0.2, 0.25) is 0 Å². The Labute approximate surface area is 223 Å². The number of nitriles is 1. The zero-order valence-corrected chi connectivity index (χ0v) is 21.6. The number of nitrogens with zero attached hydrogens (tertiary/aromatic N) is 2. The summed E-state index contributed by atoms with van der Waals surface area (Å²) in [5.74, 6) is 0.583.